The SMILES string of the molecule is Cn1ncc(N)c1-c1ccc2c(c1)OCO2. The minimum absolute atomic E-state index is 0.277. The van der Waals surface area contributed by atoms with Crippen molar-refractivity contribution in [2.45, 2.75) is 0 Å². The largest absolute Gasteiger partial charge is 0.454 e. The van der Waals surface area contributed by atoms with Gasteiger partial charge in [-0.15, -0.1) is 0 Å². The first-order valence-corrected chi connectivity index (χ1v) is 4.93. The summed E-state index contributed by atoms with van der Waals surface area (Å²) in [6.07, 6.45) is 1.64. The van der Waals surface area contributed by atoms with Gasteiger partial charge in [-0.05, 0) is 18.2 Å². The summed E-state index contributed by atoms with van der Waals surface area (Å²) in [5, 5.41) is 4.11. The van der Waals surface area contributed by atoms with Gasteiger partial charge in [0.1, 0.15) is 0 Å². The van der Waals surface area contributed by atoms with Gasteiger partial charge in [0.05, 0.1) is 17.6 Å². The highest BCUT2D eigenvalue weighted by atomic mass is 16.7. The summed E-state index contributed by atoms with van der Waals surface area (Å²) in [7, 11) is 1.86. The number of nitrogens with two attached hydrogens (primary N) is 1. The van der Waals surface area contributed by atoms with Crippen LogP contribution in [0.1, 0.15) is 0 Å². The lowest BCUT2D eigenvalue weighted by molar-refractivity contribution is 0.174. The Morgan fingerprint density at radius 3 is 2.88 bits per heavy atom. The number of anilines is 1. The number of nitrogens with zero attached hydrogens (tertiary/aromatic N) is 2. The lowest BCUT2D eigenvalue weighted by Gasteiger charge is -2.04. The van der Waals surface area contributed by atoms with Crippen molar-refractivity contribution in [1.82, 2.24) is 9.78 Å². The number of aryl methyl sites for hydroxylation is 1. The van der Waals surface area contributed by atoms with Gasteiger partial charge in [0.15, 0.2) is 11.5 Å². The first kappa shape index (κ1) is 9.08. The van der Waals surface area contributed by atoms with Crippen LogP contribution >= 0.6 is 0 Å². The van der Waals surface area contributed by atoms with E-state index in [9.17, 15) is 0 Å². The fraction of sp³-hybridized carbons (Fsp3) is 0.182. The molecule has 0 atom stereocenters. The van der Waals surface area contributed by atoms with Gasteiger partial charge < -0.3 is 15.2 Å². The molecular formula is C11H11N3O2. The molecule has 1 aliphatic heterocycles. The summed E-state index contributed by atoms with van der Waals surface area (Å²) < 4.78 is 12.3. The van der Waals surface area contributed by atoms with Crippen molar-refractivity contribution in [3.05, 3.63) is 24.4 Å². The molecular weight excluding hydrogens is 206 g/mol. The van der Waals surface area contributed by atoms with Gasteiger partial charge in [-0.2, -0.15) is 5.10 Å². The van der Waals surface area contributed by atoms with E-state index in [1.165, 1.54) is 0 Å². The van der Waals surface area contributed by atoms with Crippen LogP contribution in [0.4, 0.5) is 5.69 Å². The Morgan fingerprint density at radius 1 is 1.31 bits per heavy atom. The summed E-state index contributed by atoms with van der Waals surface area (Å²) in [6, 6.07) is 5.74. The highest BCUT2D eigenvalue weighted by molar-refractivity contribution is 5.74. The molecule has 3 rings (SSSR count). The van der Waals surface area contributed by atoms with Gasteiger partial charge >= 0.3 is 0 Å². The molecule has 2 aromatic rings. The average molecular weight is 217 g/mol. The lowest BCUT2D eigenvalue weighted by atomic mass is 10.1. The van der Waals surface area contributed by atoms with E-state index in [1.54, 1.807) is 10.9 Å². The van der Waals surface area contributed by atoms with Crippen LogP contribution in [0, 0.1) is 0 Å². The molecule has 0 radical (unpaired) electrons. The third-order valence-electron chi connectivity index (χ3n) is 2.61. The van der Waals surface area contributed by atoms with E-state index in [1.807, 2.05) is 25.2 Å². The van der Waals surface area contributed by atoms with Crippen LogP contribution in [-0.2, 0) is 7.05 Å². The van der Waals surface area contributed by atoms with Gasteiger partial charge in [0.25, 0.3) is 0 Å². The minimum atomic E-state index is 0.277. The molecule has 0 saturated carbocycles. The molecule has 2 N–H and O–H groups in total. The second-order valence-electron chi connectivity index (χ2n) is 3.64. The van der Waals surface area contributed by atoms with E-state index in [0.717, 1.165) is 22.8 Å². The molecule has 1 aromatic carbocycles. The first-order valence-electron chi connectivity index (χ1n) is 4.93. The maximum atomic E-state index is 5.86. The van der Waals surface area contributed by atoms with Crippen LogP contribution < -0.4 is 15.2 Å². The molecule has 5 nitrogen and oxygen atoms in total. The van der Waals surface area contributed by atoms with Crippen molar-refractivity contribution >= 4 is 5.69 Å². The maximum absolute atomic E-state index is 5.86. The van der Waals surface area contributed by atoms with Gasteiger partial charge in [0, 0.05) is 12.6 Å². The van der Waals surface area contributed by atoms with Crippen molar-refractivity contribution in [2.75, 3.05) is 12.5 Å². The third-order valence-corrected chi connectivity index (χ3v) is 2.61. The quantitative estimate of drug-likeness (QED) is 0.784. The molecule has 0 amide bonds. The Balaban J connectivity index is 2.14. The standard InChI is InChI=1S/C11H11N3O2/c1-14-11(8(12)5-13-14)7-2-3-9-10(4-7)16-6-15-9/h2-5H,6,12H2,1H3. The lowest BCUT2D eigenvalue weighted by Crippen LogP contribution is -1.95. The van der Waals surface area contributed by atoms with E-state index in [0.29, 0.717) is 5.69 Å². The Labute approximate surface area is 92.4 Å². The Hall–Kier alpha value is -2.17. The van der Waals surface area contributed by atoms with Crippen molar-refractivity contribution in [2.24, 2.45) is 7.05 Å². The predicted octanol–water partition coefficient (Wildman–Crippen LogP) is 1.40. The number of hydrogen-bond acceptors (Lipinski definition) is 4. The van der Waals surface area contributed by atoms with E-state index in [4.69, 9.17) is 15.2 Å². The highest BCUT2D eigenvalue weighted by Gasteiger charge is 2.16. The van der Waals surface area contributed by atoms with E-state index >= 15 is 0 Å². The smallest absolute Gasteiger partial charge is 0.231 e. The number of nitrogen functional groups attached to an aromatic ring is 1. The van der Waals surface area contributed by atoms with E-state index in [-0.39, 0.29) is 6.79 Å². The Bertz CT molecular complexity index is 529. The fourth-order valence-corrected chi connectivity index (χ4v) is 1.85. The first-order chi connectivity index (χ1) is 7.75. The van der Waals surface area contributed by atoms with Gasteiger partial charge in [-0.3, -0.25) is 4.68 Å². The molecule has 5 heteroatoms. The Morgan fingerprint density at radius 2 is 2.12 bits per heavy atom. The maximum Gasteiger partial charge on any atom is 0.231 e. The topological polar surface area (TPSA) is 62.3 Å². The van der Waals surface area contributed by atoms with Crippen LogP contribution in [0.25, 0.3) is 11.3 Å². The molecule has 0 unspecified atom stereocenters. The minimum Gasteiger partial charge on any atom is -0.454 e. The second-order valence-corrected chi connectivity index (χ2v) is 3.64. The van der Waals surface area contributed by atoms with Gasteiger partial charge in [-0.1, -0.05) is 0 Å². The van der Waals surface area contributed by atoms with Crippen LogP contribution in [-0.4, -0.2) is 16.6 Å². The van der Waals surface area contributed by atoms with Crippen molar-refractivity contribution in [3.63, 3.8) is 0 Å². The zero-order valence-electron chi connectivity index (χ0n) is 8.80. The van der Waals surface area contributed by atoms with Gasteiger partial charge in [0.2, 0.25) is 6.79 Å². The summed E-state index contributed by atoms with van der Waals surface area (Å²) in [4.78, 5) is 0. The number of hydrogen-bond donors (Lipinski definition) is 1. The third kappa shape index (κ3) is 1.21. The molecule has 0 aliphatic carbocycles. The summed E-state index contributed by atoms with van der Waals surface area (Å²) in [5.74, 6) is 1.52. The number of benzene rings is 1. The molecule has 0 bridgehead atoms. The molecule has 0 saturated heterocycles. The van der Waals surface area contributed by atoms with Crippen LogP contribution in [0.2, 0.25) is 0 Å². The van der Waals surface area contributed by atoms with E-state index < -0.39 is 0 Å². The normalized spacial score (nSPS) is 13.1. The number of ether oxygens (including phenoxy) is 2. The molecule has 2 heterocycles. The zero-order valence-corrected chi connectivity index (χ0v) is 8.80. The van der Waals surface area contributed by atoms with Gasteiger partial charge in [-0.25, -0.2) is 0 Å². The molecule has 1 aliphatic rings. The predicted molar refractivity (Wildman–Crippen MR) is 59.2 cm³/mol. The van der Waals surface area contributed by atoms with E-state index in [2.05, 4.69) is 5.10 Å². The summed E-state index contributed by atoms with van der Waals surface area (Å²) in [5.41, 5.74) is 8.38. The number of rotatable bonds is 1. The average Bonchev–Trinajstić information content (AvgIpc) is 2.85. The molecule has 16 heavy (non-hydrogen) atoms. The van der Waals surface area contributed by atoms with Crippen molar-refractivity contribution in [1.29, 1.82) is 0 Å². The van der Waals surface area contributed by atoms with Crippen LogP contribution in [0.5, 0.6) is 11.5 Å². The molecule has 1 aromatic heterocycles. The molecule has 0 spiro atoms. The summed E-state index contributed by atoms with van der Waals surface area (Å²) in [6.45, 7) is 0.277. The highest BCUT2D eigenvalue weighted by Crippen LogP contribution is 2.36. The second kappa shape index (κ2) is 3.16. The summed E-state index contributed by atoms with van der Waals surface area (Å²) >= 11 is 0. The number of aromatic nitrogens is 2. The zero-order chi connectivity index (χ0) is 11.1. The molecule has 0 fully saturated rings. The fourth-order valence-electron chi connectivity index (χ4n) is 1.85. The van der Waals surface area contributed by atoms with Crippen LogP contribution in [0.3, 0.4) is 0 Å². The number of fused-ring (bicyclic) bond motifs is 1. The molecule has 82 valence electrons. The van der Waals surface area contributed by atoms with Crippen molar-refractivity contribution in [3.8, 4) is 22.8 Å². The van der Waals surface area contributed by atoms with Crippen LogP contribution in [0.15, 0.2) is 24.4 Å². The van der Waals surface area contributed by atoms with Crippen molar-refractivity contribution < 1.29 is 9.47 Å². The monoisotopic (exact) mass is 217 g/mol. The Kier molecular flexibility index (Phi) is 1.80.